The Bertz CT molecular complexity index is 1480. The van der Waals surface area contributed by atoms with Gasteiger partial charge in [-0.1, -0.05) is 65.3 Å². The van der Waals surface area contributed by atoms with Gasteiger partial charge in [0.25, 0.3) is 0 Å². The molecule has 0 fully saturated rings. The Labute approximate surface area is 242 Å². The first kappa shape index (κ1) is 31.9. The van der Waals surface area contributed by atoms with Gasteiger partial charge in [-0.2, -0.15) is 4.39 Å². The SMILES string of the molecule is CCOC(=O)c1cn([C@@H](C(C)(C)C)C(C)(C)O[Si]C(C)(C)C)c2nc(F)c(Cc3cccc(Cl)c3F)cc2c1=O. The Morgan fingerprint density at radius 2 is 1.75 bits per heavy atom. The minimum Gasteiger partial charge on any atom is -0.462 e. The number of halogens is 3. The predicted molar refractivity (Wildman–Crippen MR) is 155 cm³/mol. The van der Waals surface area contributed by atoms with Gasteiger partial charge in [0.15, 0.2) is 0 Å². The number of esters is 1. The van der Waals surface area contributed by atoms with Gasteiger partial charge < -0.3 is 13.7 Å². The quantitative estimate of drug-likeness (QED) is 0.156. The first-order valence-corrected chi connectivity index (χ1v) is 14.5. The van der Waals surface area contributed by atoms with E-state index < -0.39 is 40.2 Å². The van der Waals surface area contributed by atoms with E-state index >= 15 is 4.39 Å². The highest BCUT2D eigenvalue weighted by Crippen LogP contribution is 2.43. The summed E-state index contributed by atoms with van der Waals surface area (Å²) in [6, 6.07) is 5.30. The molecule has 0 aliphatic carbocycles. The van der Waals surface area contributed by atoms with Crippen molar-refractivity contribution in [1.29, 1.82) is 0 Å². The van der Waals surface area contributed by atoms with E-state index in [1.807, 2.05) is 34.6 Å². The van der Waals surface area contributed by atoms with E-state index in [0.29, 0.717) is 0 Å². The number of hydrogen-bond acceptors (Lipinski definition) is 5. The largest absolute Gasteiger partial charge is 0.462 e. The predicted octanol–water partition coefficient (Wildman–Crippen LogP) is 7.32. The van der Waals surface area contributed by atoms with Crippen LogP contribution in [-0.2, 0) is 15.6 Å². The maximum Gasteiger partial charge on any atom is 0.343 e. The molecule has 40 heavy (non-hydrogen) atoms. The van der Waals surface area contributed by atoms with Crippen molar-refractivity contribution in [3.05, 3.63) is 74.2 Å². The minimum atomic E-state index is -0.855. The number of benzene rings is 1. The zero-order valence-electron chi connectivity index (χ0n) is 24.5. The van der Waals surface area contributed by atoms with Crippen molar-refractivity contribution in [2.24, 2.45) is 5.41 Å². The molecule has 3 rings (SSSR count). The number of nitrogens with zero attached hydrogens (tertiary/aromatic N) is 2. The molecule has 0 spiro atoms. The smallest absolute Gasteiger partial charge is 0.343 e. The van der Waals surface area contributed by atoms with Crippen LogP contribution >= 0.6 is 11.6 Å². The third-order valence-corrected chi connectivity index (χ3v) is 7.85. The maximum atomic E-state index is 15.6. The van der Waals surface area contributed by atoms with Crippen molar-refractivity contribution >= 4 is 38.4 Å². The number of ether oxygens (including phenoxy) is 1. The summed E-state index contributed by atoms with van der Waals surface area (Å²) < 4.78 is 43.5. The molecule has 0 unspecified atom stereocenters. The summed E-state index contributed by atoms with van der Waals surface area (Å²) in [5, 5.41) is -0.173. The molecule has 1 aromatic carbocycles. The summed E-state index contributed by atoms with van der Waals surface area (Å²) in [7, 11) is 0.147. The van der Waals surface area contributed by atoms with Crippen molar-refractivity contribution < 1.29 is 22.7 Å². The van der Waals surface area contributed by atoms with Gasteiger partial charge in [-0.05, 0) is 48.9 Å². The number of carbonyl (C=O) groups excluding carboxylic acids is 1. The van der Waals surface area contributed by atoms with Gasteiger partial charge in [-0.3, -0.25) is 4.79 Å². The standard InChI is InChI=1S/C30H37ClF2N2O4Si/c1-10-38-26(37)20-16-35(27(28(2,3)4)30(8,9)39-40-29(5,6)7)25-19(23(20)36)15-18(24(33)34-25)14-17-12-11-13-21(31)22(17)32/h11-13,15-16,27H,10,14H2,1-9H3/t27-/m0/s1. The van der Waals surface area contributed by atoms with Crippen LogP contribution in [0.25, 0.3) is 11.0 Å². The molecule has 2 aromatic heterocycles. The molecular formula is C30H37ClF2N2O4Si. The van der Waals surface area contributed by atoms with Gasteiger partial charge in [0.05, 0.1) is 28.7 Å². The summed E-state index contributed by atoms with van der Waals surface area (Å²) >= 11 is 5.92. The molecule has 10 heteroatoms. The van der Waals surface area contributed by atoms with Crippen molar-refractivity contribution in [2.45, 2.75) is 85.4 Å². The average molecular weight is 591 g/mol. The minimum absolute atomic E-state index is 0.00430. The number of aromatic nitrogens is 2. The van der Waals surface area contributed by atoms with E-state index in [2.05, 4.69) is 25.8 Å². The molecule has 0 bridgehead atoms. The number of carbonyl (C=O) groups is 1. The fourth-order valence-corrected chi connectivity index (χ4v) is 5.87. The van der Waals surface area contributed by atoms with Crippen LogP contribution in [0.1, 0.15) is 89.8 Å². The lowest BCUT2D eigenvalue weighted by molar-refractivity contribution is -0.00181. The molecule has 0 aliphatic rings. The monoisotopic (exact) mass is 590 g/mol. The highest BCUT2D eigenvalue weighted by Gasteiger charge is 2.42. The maximum absolute atomic E-state index is 15.6. The summed E-state index contributed by atoms with van der Waals surface area (Å²) in [6.07, 6.45) is 1.21. The summed E-state index contributed by atoms with van der Waals surface area (Å²) in [5.74, 6) is -2.32. The fourth-order valence-electron chi connectivity index (χ4n) is 4.99. The average Bonchev–Trinajstić information content (AvgIpc) is 2.82. The van der Waals surface area contributed by atoms with E-state index in [-0.39, 0.29) is 60.6 Å². The molecule has 0 N–H and O–H groups in total. The molecular weight excluding hydrogens is 554 g/mol. The summed E-state index contributed by atoms with van der Waals surface area (Å²) in [5.41, 5.74) is -1.95. The van der Waals surface area contributed by atoms with Crippen molar-refractivity contribution in [2.75, 3.05) is 6.61 Å². The molecule has 0 saturated carbocycles. The highest BCUT2D eigenvalue weighted by molar-refractivity contribution is 6.32. The number of pyridine rings is 2. The van der Waals surface area contributed by atoms with E-state index in [4.69, 9.17) is 20.8 Å². The molecule has 0 amide bonds. The van der Waals surface area contributed by atoms with E-state index in [1.54, 1.807) is 17.6 Å². The second-order valence-electron chi connectivity index (χ2n) is 12.5. The highest BCUT2D eigenvalue weighted by atomic mass is 35.5. The zero-order valence-corrected chi connectivity index (χ0v) is 26.3. The van der Waals surface area contributed by atoms with Crippen LogP contribution in [0.4, 0.5) is 8.78 Å². The molecule has 2 radical (unpaired) electrons. The molecule has 6 nitrogen and oxygen atoms in total. The number of hydrogen-bond donors (Lipinski definition) is 0. The van der Waals surface area contributed by atoms with E-state index in [9.17, 15) is 14.0 Å². The molecule has 0 saturated heterocycles. The van der Waals surface area contributed by atoms with Crippen molar-refractivity contribution in [1.82, 2.24) is 9.55 Å². The Hall–Kier alpha value is -2.62. The van der Waals surface area contributed by atoms with Gasteiger partial charge in [-0.15, -0.1) is 0 Å². The van der Waals surface area contributed by atoms with Crippen LogP contribution in [0, 0.1) is 17.2 Å². The molecule has 216 valence electrons. The Balaban J connectivity index is 2.34. The van der Waals surface area contributed by atoms with Crippen LogP contribution < -0.4 is 5.43 Å². The van der Waals surface area contributed by atoms with Gasteiger partial charge in [0, 0.05) is 18.2 Å². The lowest BCUT2D eigenvalue weighted by Gasteiger charge is -2.45. The molecule has 1 atom stereocenters. The molecule has 0 aliphatic heterocycles. The third-order valence-electron chi connectivity index (χ3n) is 6.32. The van der Waals surface area contributed by atoms with Gasteiger partial charge in [0.2, 0.25) is 21.1 Å². The lowest BCUT2D eigenvalue weighted by Crippen LogP contribution is -2.46. The second-order valence-corrected chi connectivity index (χ2v) is 14.8. The van der Waals surface area contributed by atoms with Gasteiger partial charge >= 0.3 is 5.97 Å². The Morgan fingerprint density at radius 3 is 2.33 bits per heavy atom. The van der Waals surface area contributed by atoms with Gasteiger partial charge in [-0.25, -0.2) is 14.2 Å². The molecule has 2 heterocycles. The summed E-state index contributed by atoms with van der Waals surface area (Å²) in [6.45, 7) is 17.8. The number of rotatable bonds is 8. The lowest BCUT2D eigenvalue weighted by atomic mass is 9.77. The van der Waals surface area contributed by atoms with E-state index in [0.717, 1.165) is 0 Å². The third kappa shape index (κ3) is 6.98. The Morgan fingerprint density at radius 1 is 1.10 bits per heavy atom. The first-order valence-electron chi connectivity index (χ1n) is 13.2. The van der Waals surface area contributed by atoms with Crippen molar-refractivity contribution in [3.63, 3.8) is 0 Å². The molecule has 3 aromatic rings. The normalized spacial score (nSPS) is 13.5. The fraction of sp³-hybridized carbons (Fsp3) is 0.500. The van der Waals surface area contributed by atoms with Crippen LogP contribution in [0.15, 0.2) is 35.3 Å². The van der Waals surface area contributed by atoms with Crippen LogP contribution in [0.3, 0.4) is 0 Å². The van der Waals surface area contributed by atoms with Crippen molar-refractivity contribution in [3.8, 4) is 0 Å². The first-order chi connectivity index (χ1) is 18.4. The second kappa shape index (κ2) is 11.7. The zero-order chi connectivity index (χ0) is 30.2. The topological polar surface area (TPSA) is 70.4 Å². The van der Waals surface area contributed by atoms with Gasteiger partial charge in [0.1, 0.15) is 17.0 Å². The van der Waals surface area contributed by atoms with Crippen LogP contribution in [-0.4, -0.2) is 37.5 Å². The Kier molecular flexibility index (Phi) is 9.33. The van der Waals surface area contributed by atoms with Crippen LogP contribution in [0.5, 0.6) is 0 Å². The van der Waals surface area contributed by atoms with E-state index in [1.165, 1.54) is 24.4 Å². The summed E-state index contributed by atoms with van der Waals surface area (Å²) in [4.78, 5) is 30.8. The number of fused-ring (bicyclic) bond motifs is 1. The van der Waals surface area contributed by atoms with Crippen LogP contribution in [0.2, 0.25) is 10.1 Å².